The second-order valence-electron chi connectivity index (χ2n) is 6.16. The number of H-pyrrole nitrogens is 1. The maximum absolute atomic E-state index is 12.3. The first kappa shape index (κ1) is 15.7. The van der Waals surface area contributed by atoms with Crippen LogP contribution in [-0.4, -0.2) is 38.7 Å². The molecule has 6 heteroatoms. The average Bonchev–Trinajstić information content (AvgIpc) is 2.86. The molecule has 2 heterocycles. The zero-order valence-electron chi connectivity index (χ0n) is 13.5. The molecule has 0 aliphatic carbocycles. The van der Waals surface area contributed by atoms with E-state index in [-0.39, 0.29) is 17.2 Å². The molecule has 3 rings (SSSR count). The van der Waals surface area contributed by atoms with Crippen molar-refractivity contribution in [3.63, 3.8) is 0 Å². The number of para-hydroxylation sites is 1. The van der Waals surface area contributed by atoms with E-state index in [1.165, 1.54) is 0 Å². The van der Waals surface area contributed by atoms with E-state index in [2.05, 4.69) is 14.9 Å². The van der Waals surface area contributed by atoms with Crippen LogP contribution in [0.4, 0.5) is 0 Å². The molecule has 0 fully saturated rings. The van der Waals surface area contributed by atoms with Gasteiger partial charge in [-0.1, -0.05) is 12.1 Å². The second kappa shape index (κ2) is 6.14. The smallest absolute Gasteiger partial charge is 0.294 e. The fourth-order valence-electron chi connectivity index (χ4n) is 2.71. The number of nitrogens with zero attached hydrogens (tertiary/aromatic N) is 2. The summed E-state index contributed by atoms with van der Waals surface area (Å²) in [5, 5.41) is 10.5. The average molecular weight is 315 g/mol. The van der Waals surface area contributed by atoms with Gasteiger partial charge in [-0.2, -0.15) is 0 Å². The second-order valence-corrected chi connectivity index (χ2v) is 6.16. The molecule has 2 N–H and O–H groups in total. The van der Waals surface area contributed by atoms with E-state index in [0.717, 1.165) is 5.39 Å². The number of aromatic nitrogens is 2. The lowest BCUT2D eigenvalue weighted by atomic mass is 10.2. The third-order valence-corrected chi connectivity index (χ3v) is 3.86. The van der Waals surface area contributed by atoms with Gasteiger partial charge in [0.2, 0.25) is 5.58 Å². The van der Waals surface area contributed by atoms with Crippen LogP contribution in [0.25, 0.3) is 22.1 Å². The van der Waals surface area contributed by atoms with Crippen molar-refractivity contribution >= 4 is 22.1 Å². The first-order valence-electron chi connectivity index (χ1n) is 7.78. The highest BCUT2D eigenvalue weighted by molar-refractivity contribution is 6.01. The van der Waals surface area contributed by atoms with Crippen LogP contribution in [0.3, 0.4) is 0 Å². The van der Waals surface area contributed by atoms with Crippen LogP contribution in [0.5, 0.6) is 0 Å². The van der Waals surface area contributed by atoms with Crippen LogP contribution in [0.15, 0.2) is 33.5 Å². The van der Waals surface area contributed by atoms with Crippen molar-refractivity contribution < 1.29 is 9.52 Å². The van der Waals surface area contributed by atoms with Gasteiger partial charge in [0.15, 0.2) is 0 Å². The monoisotopic (exact) mass is 315 g/mol. The highest BCUT2D eigenvalue weighted by Gasteiger charge is 2.17. The Kier molecular flexibility index (Phi) is 4.19. The van der Waals surface area contributed by atoms with Crippen LogP contribution < -0.4 is 5.56 Å². The Labute approximate surface area is 133 Å². The molecule has 3 aromatic rings. The van der Waals surface area contributed by atoms with Gasteiger partial charge in [0.05, 0.1) is 12.6 Å². The molecule has 2 aromatic heterocycles. The molecular formula is C17H21N3O3. The Balaban J connectivity index is 2.04. The minimum atomic E-state index is -0.442. The molecule has 0 amide bonds. The van der Waals surface area contributed by atoms with Crippen molar-refractivity contribution in [1.29, 1.82) is 0 Å². The highest BCUT2D eigenvalue weighted by atomic mass is 16.3. The van der Waals surface area contributed by atoms with E-state index >= 15 is 0 Å². The standard InChI is InChI=1S/C17H21N3O3/c1-10(2)20(8-11(3)21)9-14-18-15-12-6-4-5-7-13(12)23-16(15)17(22)19-14/h4-7,10-11,21H,8-9H2,1-3H3,(H,18,19,22). The Bertz CT molecular complexity index is 880. The molecule has 1 aromatic carbocycles. The van der Waals surface area contributed by atoms with Crippen LogP contribution in [0.1, 0.15) is 26.6 Å². The fourth-order valence-corrected chi connectivity index (χ4v) is 2.71. The summed E-state index contributed by atoms with van der Waals surface area (Å²) in [6.45, 7) is 6.83. The van der Waals surface area contributed by atoms with E-state index in [4.69, 9.17) is 4.42 Å². The van der Waals surface area contributed by atoms with Crippen molar-refractivity contribution in [1.82, 2.24) is 14.9 Å². The SMILES string of the molecule is CC(O)CN(Cc1nc2c(oc3ccccc32)c(=O)[nH]1)C(C)C. The lowest BCUT2D eigenvalue weighted by Crippen LogP contribution is -2.37. The van der Waals surface area contributed by atoms with Crippen molar-refractivity contribution in [2.24, 2.45) is 0 Å². The third kappa shape index (κ3) is 3.13. The number of benzene rings is 1. The van der Waals surface area contributed by atoms with Crippen LogP contribution in [0, 0.1) is 0 Å². The van der Waals surface area contributed by atoms with Crippen molar-refractivity contribution in [3.05, 3.63) is 40.4 Å². The Hall–Kier alpha value is -2.18. The van der Waals surface area contributed by atoms with E-state index in [0.29, 0.717) is 30.0 Å². The highest BCUT2D eigenvalue weighted by Crippen LogP contribution is 2.24. The maximum Gasteiger partial charge on any atom is 0.294 e. The summed E-state index contributed by atoms with van der Waals surface area (Å²) < 4.78 is 5.60. The van der Waals surface area contributed by atoms with Gasteiger partial charge in [-0.25, -0.2) is 4.98 Å². The first-order chi connectivity index (χ1) is 11.0. The largest absolute Gasteiger partial charge is 0.449 e. The number of aliphatic hydroxyl groups is 1. The predicted octanol–water partition coefficient (Wildman–Crippen LogP) is 2.26. The number of aliphatic hydroxyl groups excluding tert-OH is 1. The van der Waals surface area contributed by atoms with Crippen LogP contribution in [0.2, 0.25) is 0 Å². The fraction of sp³-hybridized carbons (Fsp3) is 0.412. The Morgan fingerprint density at radius 1 is 1.30 bits per heavy atom. The van der Waals surface area contributed by atoms with Gasteiger partial charge in [-0.05, 0) is 32.9 Å². The Morgan fingerprint density at radius 3 is 2.74 bits per heavy atom. The zero-order chi connectivity index (χ0) is 16.6. The normalized spacial score (nSPS) is 13.5. The van der Waals surface area contributed by atoms with Gasteiger partial charge in [0.1, 0.15) is 16.9 Å². The van der Waals surface area contributed by atoms with Gasteiger partial charge in [-0.3, -0.25) is 9.69 Å². The van der Waals surface area contributed by atoms with Crippen molar-refractivity contribution in [2.75, 3.05) is 6.54 Å². The number of hydrogen-bond acceptors (Lipinski definition) is 5. The summed E-state index contributed by atoms with van der Waals surface area (Å²) in [6, 6.07) is 7.71. The summed E-state index contributed by atoms with van der Waals surface area (Å²) in [7, 11) is 0. The summed E-state index contributed by atoms with van der Waals surface area (Å²) in [5.74, 6) is 0.573. The lowest BCUT2D eigenvalue weighted by molar-refractivity contribution is 0.101. The molecule has 1 atom stereocenters. The molecule has 6 nitrogen and oxygen atoms in total. The number of aromatic amines is 1. The first-order valence-corrected chi connectivity index (χ1v) is 7.78. The molecule has 0 aliphatic rings. The molecule has 0 aliphatic heterocycles. The maximum atomic E-state index is 12.3. The van der Waals surface area contributed by atoms with Crippen molar-refractivity contribution in [3.8, 4) is 0 Å². The van der Waals surface area contributed by atoms with Gasteiger partial charge < -0.3 is 14.5 Å². The molecule has 0 radical (unpaired) electrons. The molecule has 0 saturated carbocycles. The predicted molar refractivity (Wildman–Crippen MR) is 89.4 cm³/mol. The number of furan rings is 1. The van der Waals surface area contributed by atoms with E-state index in [1.54, 1.807) is 6.92 Å². The molecule has 23 heavy (non-hydrogen) atoms. The molecule has 0 saturated heterocycles. The third-order valence-electron chi connectivity index (χ3n) is 3.86. The minimum absolute atomic E-state index is 0.228. The summed E-state index contributed by atoms with van der Waals surface area (Å²) in [6.07, 6.45) is -0.442. The quantitative estimate of drug-likeness (QED) is 0.754. The topological polar surface area (TPSA) is 82.4 Å². The van der Waals surface area contributed by atoms with Gasteiger partial charge in [0.25, 0.3) is 5.56 Å². The van der Waals surface area contributed by atoms with Gasteiger partial charge in [-0.15, -0.1) is 0 Å². The molecule has 122 valence electrons. The number of fused-ring (bicyclic) bond motifs is 3. The molecule has 1 unspecified atom stereocenters. The minimum Gasteiger partial charge on any atom is -0.449 e. The van der Waals surface area contributed by atoms with Gasteiger partial charge in [0, 0.05) is 18.0 Å². The molecule has 0 spiro atoms. The number of hydrogen-bond donors (Lipinski definition) is 2. The van der Waals surface area contributed by atoms with E-state index in [9.17, 15) is 9.90 Å². The van der Waals surface area contributed by atoms with Crippen LogP contribution in [-0.2, 0) is 6.54 Å². The number of rotatable bonds is 5. The lowest BCUT2D eigenvalue weighted by Gasteiger charge is -2.26. The molecular weight excluding hydrogens is 294 g/mol. The summed E-state index contributed by atoms with van der Waals surface area (Å²) >= 11 is 0. The van der Waals surface area contributed by atoms with Gasteiger partial charge >= 0.3 is 0 Å². The molecule has 0 bridgehead atoms. The van der Waals surface area contributed by atoms with E-state index in [1.807, 2.05) is 38.1 Å². The summed E-state index contributed by atoms with van der Waals surface area (Å²) in [4.78, 5) is 21.7. The van der Waals surface area contributed by atoms with Crippen molar-refractivity contribution in [2.45, 2.75) is 39.5 Å². The van der Waals surface area contributed by atoms with E-state index < -0.39 is 6.10 Å². The number of nitrogens with one attached hydrogen (secondary N) is 1. The zero-order valence-corrected chi connectivity index (χ0v) is 13.5. The van der Waals surface area contributed by atoms with Crippen LogP contribution >= 0.6 is 0 Å². The summed E-state index contributed by atoms with van der Waals surface area (Å²) in [5.41, 5.74) is 1.21. The Morgan fingerprint density at radius 2 is 2.04 bits per heavy atom.